The third kappa shape index (κ3) is 6.89. The van der Waals surface area contributed by atoms with Crippen LogP contribution in [0.4, 0.5) is 0 Å². The van der Waals surface area contributed by atoms with Gasteiger partial charge in [0.25, 0.3) is 0 Å². The van der Waals surface area contributed by atoms with E-state index in [9.17, 15) is 0 Å². The minimum absolute atomic E-state index is 1.14. The molecule has 1 nitrogen and oxygen atoms in total. The summed E-state index contributed by atoms with van der Waals surface area (Å²) in [7, 11) is 0. The summed E-state index contributed by atoms with van der Waals surface area (Å²) in [6.07, 6.45) is 10.2. The Bertz CT molecular complexity index is 431. The molecular formula is C19H34BrNSSn. The van der Waals surface area contributed by atoms with Crippen LogP contribution in [0.25, 0.3) is 0 Å². The van der Waals surface area contributed by atoms with Gasteiger partial charge in [0.05, 0.1) is 0 Å². The Labute approximate surface area is 160 Å². The fourth-order valence-electron chi connectivity index (χ4n) is 3.36. The molecule has 0 unspecified atom stereocenters. The van der Waals surface area contributed by atoms with Crippen LogP contribution in [0.1, 0.15) is 66.2 Å². The summed E-state index contributed by atoms with van der Waals surface area (Å²) in [4.78, 5) is 6.54. The van der Waals surface area contributed by atoms with Crippen LogP contribution in [0.2, 0.25) is 13.3 Å². The van der Waals surface area contributed by atoms with Crippen molar-refractivity contribution in [1.82, 2.24) is 4.98 Å². The first kappa shape index (κ1) is 21.8. The zero-order valence-corrected chi connectivity index (χ0v) is 20.7. The first-order valence-corrected chi connectivity index (χ1v) is 18.7. The van der Waals surface area contributed by atoms with Crippen molar-refractivity contribution in [1.29, 1.82) is 0 Å². The summed E-state index contributed by atoms with van der Waals surface area (Å²) in [5.74, 6) is 1.14. The van der Waals surface area contributed by atoms with Gasteiger partial charge >= 0.3 is 162 Å². The third-order valence-corrected chi connectivity index (χ3v) is 21.7. The summed E-state index contributed by atoms with van der Waals surface area (Å²) in [5, 5.41) is 0. The summed E-state index contributed by atoms with van der Waals surface area (Å²) < 4.78 is 7.22. The Kier molecular flexibility index (Phi) is 11.6. The quantitative estimate of drug-likeness (QED) is 0.223. The molecule has 0 aliphatic carbocycles. The molecule has 0 aliphatic heterocycles. The van der Waals surface area contributed by atoms with Crippen molar-refractivity contribution < 1.29 is 0 Å². The number of nitrogens with zero attached hydrogens (tertiary/aromatic N) is 1. The van der Waals surface area contributed by atoms with Gasteiger partial charge in [-0.05, 0) is 0 Å². The molecule has 0 amide bonds. The van der Waals surface area contributed by atoms with E-state index >= 15 is 0 Å². The van der Waals surface area contributed by atoms with E-state index < -0.39 is 18.4 Å². The van der Waals surface area contributed by atoms with E-state index in [1.54, 1.807) is 3.71 Å². The minimum atomic E-state index is -2.40. The Hall–Kier alpha value is 0.779. The van der Waals surface area contributed by atoms with Crippen LogP contribution in [-0.4, -0.2) is 29.1 Å². The van der Waals surface area contributed by atoms with Crippen molar-refractivity contribution in [3.63, 3.8) is 0 Å². The van der Waals surface area contributed by atoms with Gasteiger partial charge in [0.2, 0.25) is 0 Å². The molecule has 4 heteroatoms. The van der Waals surface area contributed by atoms with Gasteiger partial charge in [0.15, 0.2) is 0 Å². The van der Waals surface area contributed by atoms with Crippen LogP contribution < -0.4 is 3.71 Å². The predicted octanol–water partition coefficient (Wildman–Crippen LogP) is 7.01. The van der Waals surface area contributed by atoms with Gasteiger partial charge in [0.1, 0.15) is 0 Å². The maximum atomic E-state index is 5.05. The standard InChI is InChI=1S/C7H7BrNS.3C4H9.Sn/c1-2-10-7-3-6(8)4-9-5-7;3*1-3-4-2;/h3-4H,2H2,1H3;3*1,3-4H2,2H3;. The van der Waals surface area contributed by atoms with Gasteiger partial charge in [-0.1, -0.05) is 0 Å². The molecule has 132 valence electrons. The topological polar surface area (TPSA) is 12.9 Å². The first-order valence-electron chi connectivity index (χ1n) is 9.42. The Balaban J connectivity index is 3.27. The number of hydrogen-bond donors (Lipinski definition) is 0. The predicted molar refractivity (Wildman–Crippen MR) is 113 cm³/mol. The average Bonchev–Trinajstić information content (AvgIpc) is 2.55. The fraction of sp³-hybridized carbons (Fsp3) is 0.737. The third-order valence-electron chi connectivity index (χ3n) is 4.65. The molecule has 0 aromatic carbocycles. The Morgan fingerprint density at radius 1 is 0.957 bits per heavy atom. The van der Waals surface area contributed by atoms with Gasteiger partial charge in [-0.3, -0.25) is 0 Å². The number of hydrogen-bond acceptors (Lipinski definition) is 2. The van der Waals surface area contributed by atoms with E-state index in [1.807, 2.05) is 11.8 Å². The second kappa shape index (κ2) is 12.2. The van der Waals surface area contributed by atoms with E-state index in [2.05, 4.69) is 55.9 Å². The number of rotatable bonds is 12. The van der Waals surface area contributed by atoms with Crippen LogP contribution in [0.3, 0.4) is 0 Å². The van der Waals surface area contributed by atoms with Gasteiger partial charge in [-0.25, -0.2) is 0 Å². The van der Waals surface area contributed by atoms with Crippen molar-refractivity contribution in [2.24, 2.45) is 0 Å². The van der Waals surface area contributed by atoms with Crippen LogP contribution in [0, 0.1) is 0 Å². The van der Waals surface area contributed by atoms with Crippen molar-refractivity contribution in [2.45, 2.75) is 84.4 Å². The first-order chi connectivity index (χ1) is 11.1. The second-order valence-electron chi connectivity index (χ2n) is 6.52. The zero-order valence-electron chi connectivity index (χ0n) is 15.5. The molecule has 0 aliphatic rings. The van der Waals surface area contributed by atoms with Crippen molar-refractivity contribution in [3.05, 3.63) is 16.7 Å². The Morgan fingerprint density at radius 3 is 1.91 bits per heavy atom. The van der Waals surface area contributed by atoms with E-state index in [1.165, 1.54) is 56.7 Å². The summed E-state index contributed by atoms with van der Waals surface area (Å²) >= 11 is 3.24. The van der Waals surface area contributed by atoms with Gasteiger partial charge in [-0.15, -0.1) is 0 Å². The zero-order chi connectivity index (χ0) is 17.1. The van der Waals surface area contributed by atoms with Crippen LogP contribution in [0.15, 0.2) is 21.6 Å². The number of thioether (sulfide) groups is 1. The van der Waals surface area contributed by atoms with E-state index in [0.717, 1.165) is 10.2 Å². The van der Waals surface area contributed by atoms with Crippen LogP contribution in [0.5, 0.6) is 0 Å². The van der Waals surface area contributed by atoms with Gasteiger partial charge < -0.3 is 0 Å². The molecule has 1 aromatic rings. The van der Waals surface area contributed by atoms with Crippen LogP contribution >= 0.6 is 27.7 Å². The van der Waals surface area contributed by atoms with E-state index in [-0.39, 0.29) is 0 Å². The summed E-state index contributed by atoms with van der Waals surface area (Å²) in [6.45, 7) is 9.28. The SMILES string of the molecule is CCC[CH2][Sn]([CH2]CCC)([CH2]CCC)[c]1ncc(Br)cc1SCC. The second-order valence-corrected chi connectivity index (χ2v) is 21.7. The molecule has 0 saturated heterocycles. The molecule has 0 bridgehead atoms. The van der Waals surface area contributed by atoms with Crippen molar-refractivity contribution in [2.75, 3.05) is 5.75 Å². The maximum absolute atomic E-state index is 5.05. The number of aromatic nitrogens is 1. The van der Waals surface area contributed by atoms with Crippen LogP contribution in [-0.2, 0) is 0 Å². The molecule has 0 atom stereocenters. The number of pyridine rings is 1. The molecule has 1 aromatic heterocycles. The number of unbranched alkanes of at least 4 members (excludes halogenated alkanes) is 3. The normalized spacial score (nSPS) is 11.9. The average molecular weight is 507 g/mol. The molecule has 0 radical (unpaired) electrons. The molecule has 0 N–H and O–H groups in total. The summed E-state index contributed by atoms with van der Waals surface area (Å²) in [5.41, 5.74) is 0. The van der Waals surface area contributed by atoms with E-state index in [0.29, 0.717) is 0 Å². The fourth-order valence-corrected chi connectivity index (χ4v) is 22.3. The summed E-state index contributed by atoms with van der Waals surface area (Å²) in [6, 6.07) is 2.34. The van der Waals surface area contributed by atoms with Crippen molar-refractivity contribution in [3.8, 4) is 0 Å². The Morgan fingerprint density at radius 2 is 1.48 bits per heavy atom. The molecular weight excluding hydrogens is 473 g/mol. The molecule has 0 spiro atoms. The molecule has 0 saturated carbocycles. The van der Waals surface area contributed by atoms with Crippen molar-refractivity contribution >= 4 is 49.8 Å². The molecule has 0 fully saturated rings. The molecule has 1 rings (SSSR count). The van der Waals surface area contributed by atoms with Gasteiger partial charge in [0, 0.05) is 0 Å². The number of halogens is 1. The molecule has 1 heterocycles. The molecule has 23 heavy (non-hydrogen) atoms. The van der Waals surface area contributed by atoms with Gasteiger partial charge in [-0.2, -0.15) is 0 Å². The van der Waals surface area contributed by atoms with E-state index in [4.69, 9.17) is 4.98 Å². The monoisotopic (exact) mass is 507 g/mol.